The molecule has 0 aromatic heterocycles. The minimum absolute atomic E-state index is 0.130. The smallest absolute Gasteiger partial charge is 0.211 e. The molecule has 0 amide bonds. The number of halogens is 1. The van der Waals surface area contributed by atoms with Gasteiger partial charge in [0.15, 0.2) is 11.5 Å². The molecule has 1 aromatic carbocycles. The maximum atomic E-state index is 5.29. The highest BCUT2D eigenvalue weighted by molar-refractivity contribution is 9.10. The van der Waals surface area contributed by atoms with Crippen LogP contribution >= 0.6 is 15.9 Å². The maximum absolute atomic E-state index is 5.29. The Kier molecular flexibility index (Phi) is 5.43. The Bertz CT molecular complexity index is 513. The fourth-order valence-corrected chi connectivity index (χ4v) is 2.04. The summed E-state index contributed by atoms with van der Waals surface area (Å²) in [6.07, 6.45) is 1.45. The number of hydrogen-bond donors (Lipinski definition) is 2. The van der Waals surface area contributed by atoms with Crippen molar-refractivity contribution in [1.29, 1.82) is 0 Å². The average molecular weight is 331 g/mol. The molecule has 0 saturated heterocycles. The number of methoxy groups -OCH3 is 3. The third-order valence-electron chi connectivity index (χ3n) is 2.16. The number of guanidine groups is 1. The number of hydrogen-bond acceptors (Lipinski definition) is 5. The summed E-state index contributed by atoms with van der Waals surface area (Å²) in [6.45, 7) is 0. The zero-order valence-electron chi connectivity index (χ0n) is 10.8. The van der Waals surface area contributed by atoms with Gasteiger partial charge in [0.05, 0.1) is 32.0 Å². The van der Waals surface area contributed by atoms with Crippen LogP contribution in [0.2, 0.25) is 0 Å². The van der Waals surface area contributed by atoms with Crippen molar-refractivity contribution in [1.82, 2.24) is 0 Å². The second-order valence-electron chi connectivity index (χ2n) is 3.32. The molecule has 19 heavy (non-hydrogen) atoms. The van der Waals surface area contributed by atoms with Crippen LogP contribution in [0.5, 0.6) is 17.2 Å². The van der Waals surface area contributed by atoms with Crippen molar-refractivity contribution >= 4 is 28.1 Å². The van der Waals surface area contributed by atoms with Crippen LogP contribution in [-0.2, 0) is 0 Å². The summed E-state index contributed by atoms with van der Waals surface area (Å²) in [7, 11) is 4.57. The second kappa shape index (κ2) is 6.83. The number of nitrogens with two attached hydrogens (primary N) is 2. The number of nitrogens with zero attached hydrogens (tertiary/aromatic N) is 2. The molecular weight excluding hydrogens is 316 g/mol. The maximum Gasteiger partial charge on any atom is 0.211 e. The van der Waals surface area contributed by atoms with E-state index in [0.29, 0.717) is 27.3 Å². The van der Waals surface area contributed by atoms with Gasteiger partial charge >= 0.3 is 0 Å². The van der Waals surface area contributed by atoms with Gasteiger partial charge in [0.2, 0.25) is 11.7 Å². The zero-order valence-corrected chi connectivity index (χ0v) is 12.4. The lowest BCUT2D eigenvalue weighted by Gasteiger charge is -2.15. The molecule has 1 rings (SSSR count). The highest BCUT2D eigenvalue weighted by Crippen LogP contribution is 2.44. The second-order valence-corrected chi connectivity index (χ2v) is 4.17. The first-order chi connectivity index (χ1) is 9.04. The van der Waals surface area contributed by atoms with Gasteiger partial charge < -0.3 is 25.7 Å². The first-order valence-corrected chi connectivity index (χ1v) is 5.94. The Labute approximate surface area is 119 Å². The summed E-state index contributed by atoms with van der Waals surface area (Å²) in [4.78, 5) is 0. The van der Waals surface area contributed by atoms with Gasteiger partial charge in [0.1, 0.15) is 0 Å². The van der Waals surface area contributed by atoms with Crippen molar-refractivity contribution in [3.63, 3.8) is 0 Å². The average Bonchev–Trinajstić information content (AvgIpc) is 2.37. The Morgan fingerprint density at radius 2 is 1.68 bits per heavy atom. The van der Waals surface area contributed by atoms with Gasteiger partial charge in [0, 0.05) is 5.56 Å². The summed E-state index contributed by atoms with van der Waals surface area (Å²) >= 11 is 3.38. The van der Waals surface area contributed by atoms with E-state index in [-0.39, 0.29) is 5.96 Å². The molecule has 1 aromatic rings. The van der Waals surface area contributed by atoms with E-state index >= 15 is 0 Å². The monoisotopic (exact) mass is 330 g/mol. The van der Waals surface area contributed by atoms with E-state index in [0.717, 1.165) is 0 Å². The van der Waals surface area contributed by atoms with Crippen LogP contribution in [0.15, 0.2) is 20.7 Å². The molecule has 8 heteroatoms. The topological polar surface area (TPSA) is 104 Å². The lowest BCUT2D eigenvalue weighted by atomic mass is 10.2. The molecule has 0 heterocycles. The minimum Gasteiger partial charge on any atom is -0.492 e. The molecule has 0 aliphatic carbocycles. The van der Waals surface area contributed by atoms with Crippen molar-refractivity contribution in [3.05, 3.63) is 16.1 Å². The number of benzene rings is 1. The van der Waals surface area contributed by atoms with Gasteiger partial charge in [-0.25, -0.2) is 0 Å². The normalized spacial score (nSPS) is 10.3. The van der Waals surface area contributed by atoms with E-state index in [9.17, 15) is 0 Å². The molecule has 0 aliphatic rings. The Balaban J connectivity index is 3.36. The molecular formula is C11H15BrN4O3. The van der Waals surface area contributed by atoms with E-state index < -0.39 is 0 Å². The summed E-state index contributed by atoms with van der Waals surface area (Å²) in [5.74, 6) is 1.32. The Hall–Kier alpha value is -1.96. The molecule has 0 radical (unpaired) electrons. The standard InChI is InChI=1S/C11H15BrN4O3/c1-17-8-6(5-15-16-11(13)14)4-7(12)9(18-2)10(8)19-3/h4-5H,1-3H3,(H4,13,14,16)/b15-5+. The largest absolute Gasteiger partial charge is 0.492 e. The third kappa shape index (κ3) is 3.50. The lowest BCUT2D eigenvalue weighted by molar-refractivity contribution is 0.323. The molecule has 0 unspecified atom stereocenters. The van der Waals surface area contributed by atoms with E-state index in [1.807, 2.05) is 0 Å². The van der Waals surface area contributed by atoms with E-state index in [1.165, 1.54) is 27.5 Å². The number of rotatable bonds is 5. The molecule has 0 spiro atoms. The molecule has 0 bridgehead atoms. The zero-order chi connectivity index (χ0) is 14.4. The fraction of sp³-hybridized carbons (Fsp3) is 0.273. The molecule has 0 saturated carbocycles. The van der Waals surface area contributed by atoms with E-state index in [2.05, 4.69) is 26.1 Å². The van der Waals surface area contributed by atoms with Gasteiger partial charge in [-0.1, -0.05) is 0 Å². The van der Waals surface area contributed by atoms with E-state index in [1.54, 1.807) is 6.07 Å². The first kappa shape index (κ1) is 15.1. The Morgan fingerprint density at radius 3 is 2.16 bits per heavy atom. The molecule has 4 N–H and O–H groups in total. The summed E-state index contributed by atoms with van der Waals surface area (Å²) in [5, 5.41) is 7.26. The quantitative estimate of drug-likeness (QED) is 0.477. The number of ether oxygens (including phenoxy) is 3. The summed E-state index contributed by atoms with van der Waals surface area (Å²) in [6, 6.07) is 1.76. The SMILES string of the molecule is COc1c(Br)cc(/C=N/N=C(N)N)c(OC)c1OC. The van der Waals surface area contributed by atoms with Crippen molar-refractivity contribution in [2.45, 2.75) is 0 Å². The predicted octanol–water partition coefficient (Wildman–Crippen LogP) is 1.08. The van der Waals surface area contributed by atoms with Crippen LogP contribution in [0.25, 0.3) is 0 Å². The summed E-state index contributed by atoms with van der Waals surface area (Å²) in [5.41, 5.74) is 11.0. The van der Waals surface area contributed by atoms with Gasteiger partial charge in [-0.2, -0.15) is 5.10 Å². The van der Waals surface area contributed by atoms with Gasteiger partial charge in [-0.05, 0) is 22.0 Å². The molecule has 104 valence electrons. The van der Waals surface area contributed by atoms with Crippen LogP contribution in [0.3, 0.4) is 0 Å². The van der Waals surface area contributed by atoms with E-state index in [4.69, 9.17) is 25.7 Å². The fourth-order valence-electron chi connectivity index (χ4n) is 1.45. The summed E-state index contributed by atoms with van der Waals surface area (Å²) < 4.78 is 16.5. The van der Waals surface area contributed by atoms with Crippen molar-refractivity contribution in [2.75, 3.05) is 21.3 Å². The van der Waals surface area contributed by atoms with Crippen molar-refractivity contribution < 1.29 is 14.2 Å². The highest BCUT2D eigenvalue weighted by Gasteiger charge is 2.18. The van der Waals surface area contributed by atoms with Crippen LogP contribution in [0.1, 0.15) is 5.56 Å². The lowest BCUT2D eigenvalue weighted by Crippen LogP contribution is -2.21. The van der Waals surface area contributed by atoms with Crippen LogP contribution in [0.4, 0.5) is 0 Å². The van der Waals surface area contributed by atoms with Crippen LogP contribution in [-0.4, -0.2) is 33.5 Å². The van der Waals surface area contributed by atoms with Gasteiger partial charge in [0.25, 0.3) is 0 Å². The van der Waals surface area contributed by atoms with Crippen LogP contribution in [0, 0.1) is 0 Å². The first-order valence-electron chi connectivity index (χ1n) is 5.15. The molecule has 0 aliphatic heterocycles. The molecule has 7 nitrogen and oxygen atoms in total. The van der Waals surface area contributed by atoms with Crippen molar-refractivity contribution in [2.24, 2.45) is 21.7 Å². The van der Waals surface area contributed by atoms with Crippen molar-refractivity contribution in [3.8, 4) is 17.2 Å². The third-order valence-corrected chi connectivity index (χ3v) is 2.75. The van der Waals surface area contributed by atoms with Gasteiger partial charge in [-0.15, -0.1) is 5.10 Å². The minimum atomic E-state index is -0.130. The molecule has 0 fully saturated rings. The molecule has 0 atom stereocenters. The predicted molar refractivity (Wildman–Crippen MR) is 77.2 cm³/mol. The highest BCUT2D eigenvalue weighted by atomic mass is 79.9. The Morgan fingerprint density at radius 1 is 1.11 bits per heavy atom. The van der Waals surface area contributed by atoms with Crippen LogP contribution < -0.4 is 25.7 Å². The van der Waals surface area contributed by atoms with Gasteiger partial charge in [-0.3, -0.25) is 0 Å².